The minimum atomic E-state index is -0.842. The molecule has 0 saturated carbocycles. The third-order valence-electron chi connectivity index (χ3n) is 5.74. The van der Waals surface area contributed by atoms with Gasteiger partial charge in [0.25, 0.3) is 5.91 Å². The SMILES string of the molecule is [CH2]c1ccc(C2OC=C(C(=O)N3CCCN(C(C)=O)CC3)N2C(N)=O)cc1-c1ccsc1. The Hall–Kier alpha value is -3.33. The molecule has 2 aromatic rings. The van der Waals surface area contributed by atoms with Crippen molar-refractivity contribution in [1.29, 1.82) is 0 Å². The molecular formula is C23H25N4O4S. The number of rotatable bonds is 3. The minimum absolute atomic E-state index is 0.0168. The summed E-state index contributed by atoms with van der Waals surface area (Å²) in [5.41, 5.74) is 9.25. The van der Waals surface area contributed by atoms with Gasteiger partial charge < -0.3 is 20.3 Å². The van der Waals surface area contributed by atoms with Crippen molar-refractivity contribution in [2.24, 2.45) is 5.73 Å². The topological polar surface area (TPSA) is 96.2 Å². The number of nitrogens with two attached hydrogens (primary N) is 1. The van der Waals surface area contributed by atoms with Crippen LogP contribution >= 0.6 is 11.3 Å². The van der Waals surface area contributed by atoms with E-state index in [-0.39, 0.29) is 17.5 Å². The fraction of sp³-hybridized carbons (Fsp3) is 0.304. The third-order valence-corrected chi connectivity index (χ3v) is 6.42. The second-order valence-corrected chi connectivity index (χ2v) is 8.56. The van der Waals surface area contributed by atoms with Gasteiger partial charge in [-0.25, -0.2) is 9.69 Å². The monoisotopic (exact) mass is 453 g/mol. The Balaban J connectivity index is 1.57. The van der Waals surface area contributed by atoms with Gasteiger partial charge in [0.15, 0.2) is 0 Å². The fourth-order valence-corrected chi connectivity index (χ4v) is 4.68. The third kappa shape index (κ3) is 4.20. The van der Waals surface area contributed by atoms with E-state index in [0.29, 0.717) is 38.2 Å². The lowest BCUT2D eigenvalue weighted by molar-refractivity contribution is -0.131. The van der Waals surface area contributed by atoms with Gasteiger partial charge in [-0.1, -0.05) is 12.1 Å². The molecule has 4 amide bonds. The largest absolute Gasteiger partial charge is 0.471 e. The number of hydrogen-bond acceptors (Lipinski definition) is 5. The highest BCUT2D eigenvalue weighted by Crippen LogP contribution is 2.36. The summed E-state index contributed by atoms with van der Waals surface area (Å²) in [6.45, 7) is 7.51. The van der Waals surface area contributed by atoms with Gasteiger partial charge in [-0.3, -0.25) is 9.59 Å². The Morgan fingerprint density at radius 3 is 2.56 bits per heavy atom. The molecule has 0 aliphatic carbocycles. The first-order valence-corrected chi connectivity index (χ1v) is 11.3. The van der Waals surface area contributed by atoms with Crippen LogP contribution in [0, 0.1) is 6.92 Å². The highest BCUT2D eigenvalue weighted by atomic mass is 32.1. The molecule has 9 heteroatoms. The summed E-state index contributed by atoms with van der Waals surface area (Å²) in [5, 5.41) is 4.00. The molecule has 1 saturated heterocycles. The molecule has 3 heterocycles. The molecule has 4 rings (SSSR count). The van der Waals surface area contributed by atoms with E-state index in [0.717, 1.165) is 16.7 Å². The van der Waals surface area contributed by atoms with E-state index in [4.69, 9.17) is 10.5 Å². The van der Waals surface area contributed by atoms with E-state index in [9.17, 15) is 14.4 Å². The zero-order valence-corrected chi connectivity index (χ0v) is 18.6. The highest BCUT2D eigenvalue weighted by Gasteiger charge is 2.39. The molecule has 2 N–H and O–H groups in total. The van der Waals surface area contributed by atoms with Crippen molar-refractivity contribution < 1.29 is 19.1 Å². The van der Waals surface area contributed by atoms with Crippen LogP contribution in [0.3, 0.4) is 0 Å². The number of thiophene rings is 1. The lowest BCUT2D eigenvalue weighted by atomic mass is 9.99. The molecule has 8 nitrogen and oxygen atoms in total. The van der Waals surface area contributed by atoms with Gasteiger partial charge in [0.1, 0.15) is 12.0 Å². The van der Waals surface area contributed by atoms with Crippen LogP contribution < -0.4 is 5.73 Å². The van der Waals surface area contributed by atoms with Gasteiger partial charge in [-0.05, 0) is 52.9 Å². The Bertz CT molecular complexity index is 1070. The van der Waals surface area contributed by atoms with Gasteiger partial charge in [0.2, 0.25) is 12.1 Å². The molecule has 1 aromatic heterocycles. The van der Waals surface area contributed by atoms with Crippen LogP contribution in [-0.4, -0.2) is 58.7 Å². The smallest absolute Gasteiger partial charge is 0.322 e. The number of amides is 4. The Morgan fingerprint density at radius 1 is 1.12 bits per heavy atom. The predicted octanol–water partition coefficient (Wildman–Crippen LogP) is 2.93. The maximum Gasteiger partial charge on any atom is 0.322 e. The molecule has 167 valence electrons. The van der Waals surface area contributed by atoms with Gasteiger partial charge in [0, 0.05) is 38.7 Å². The van der Waals surface area contributed by atoms with Crippen LogP contribution in [0.1, 0.15) is 30.7 Å². The average molecular weight is 454 g/mol. The number of carbonyl (C=O) groups excluding carboxylic acids is 3. The van der Waals surface area contributed by atoms with Crippen LogP contribution in [0.4, 0.5) is 4.79 Å². The Kier molecular flexibility index (Phi) is 6.18. The van der Waals surface area contributed by atoms with Crippen molar-refractivity contribution in [2.75, 3.05) is 26.2 Å². The van der Waals surface area contributed by atoms with Crippen molar-refractivity contribution in [2.45, 2.75) is 19.6 Å². The molecule has 1 unspecified atom stereocenters. The number of urea groups is 1. The first-order chi connectivity index (χ1) is 15.4. The summed E-state index contributed by atoms with van der Waals surface area (Å²) in [4.78, 5) is 41.8. The van der Waals surface area contributed by atoms with E-state index >= 15 is 0 Å². The van der Waals surface area contributed by atoms with Gasteiger partial charge in [-0.15, -0.1) is 0 Å². The van der Waals surface area contributed by atoms with Crippen molar-refractivity contribution in [3.63, 3.8) is 0 Å². The summed E-state index contributed by atoms with van der Waals surface area (Å²) in [5.74, 6) is -0.361. The molecule has 1 aromatic carbocycles. The van der Waals surface area contributed by atoms with Crippen LogP contribution in [0.5, 0.6) is 0 Å². The Labute approximate surface area is 190 Å². The number of primary amides is 1. The zero-order valence-electron chi connectivity index (χ0n) is 17.8. The molecule has 2 aliphatic rings. The van der Waals surface area contributed by atoms with Crippen molar-refractivity contribution in [3.8, 4) is 11.1 Å². The first kappa shape index (κ1) is 21.9. The van der Waals surface area contributed by atoms with Gasteiger partial charge in [-0.2, -0.15) is 11.3 Å². The van der Waals surface area contributed by atoms with E-state index in [1.165, 1.54) is 18.1 Å². The maximum absolute atomic E-state index is 13.2. The molecule has 1 radical (unpaired) electrons. The number of nitrogens with zero attached hydrogens (tertiary/aromatic N) is 3. The molecular weight excluding hydrogens is 428 g/mol. The van der Waals surface area contributed by atoms with Crippen LogP contribution in [0.15, 0.2) is 47.0 Å². The maximum atomic E-state index is 13.2. The summed E-state index contributed by atoms with van der Waals surface area (Å²) in [6.07, 6.45) is 1.12. The standard InChI is InChI=1S/C23H25N4O4S/c1-15-4-5-17(12-19(15)18-6-11-32-14-18)22-27(23(24)30)20(13-31-22)21(29)26-8-3-7-25(9-10-26)16(2)28/h4-6,11-14,22H,1,3,7-10H2,2H3,(H2,24,30). The van der Waals surface area contributed by atoms with Gasteiger partial charge >= 0.3 is 6.03 Å². The molecule has 1 fully saturated rings. The predicted molar refractivity (Wildman–Crippen MR) is 121 cm³/mol. The van der Waals surface area contributed by atoms with E-state index < -0.39 is 12.3 Å². The van der Waals surface area contributed by atoms with Crippen LogP contribution in [0.25, 0.3) is 11.1 Å². The molecule has 2 aliphatic heterocycles. The van der Waals surface area contributed by atoms with Crippen molar-refractivity contribution in [1.82, 2.24) is 14.7 Å². The fourth-order valence-electron chi connectivity index (χ4n) is 4.02. The van der Waals surface area contributed by atoms with Crippen molar-refractivity contribution in [3.05, 3.63) is 65.0 Å². The number of carbonyl (C=O) groups is 3. The van der Waals surface area contributed by atoms with E-state index in [1.54, 1.807) is 21.1 Å². The summed E-state index contributed by atoms with van der Waals surface area (Å²) < 4.78 is 5.77. The quantitative estimate of drug-likeness (QED) is 0.773. The number of hydrogen-bond donors (Lipinski definition) is 1. The molecule has 0 spiro atoms. The van der Waals surface area contributed by atoms with Gasteiger partial charge in [0.05, 0.1) is 0 Å². The molecule has 1 atom stereocenters. The Morgan fingerprint density at radius 2 is 1.88 bits per heavy atom. The zero-order chi connectivity index (χ0) is 22.8. The minimum Gasteiger partial charge on any atom is -0.471 e. The molecule has 32 heavy (non-hydrogen) atoms. The van der Waals surface area contributed by atoms with E-state index in [2.05, 4.69) is 6.92 Å². The van der Waals surface area contributed by atoms with Crippen LogP contribution in [0.2, 0.25) is 0 Å². The second kappa shape index (κ2) is 9.04. The van der Waals surface area contributed by atoms with Crippen molar-refractivity contribution >= 4 is 29.2 Å². The first-order valence-electron chi connectivity index (χ1n) is 10.3. The molecule has 0 bridgehead atoms. The van der Waals surface area contributed by atoms with E-state index in [1.807, 2.05) is 35.0 Å². The lowest BCUT2D eigenvalue weighted by Crippen LogP contribution is -2.43. The summed E-state index contributed by atoms with van der Waals surface area (Å²) in [7, 11) is 0. The average Bonchev–Trinajstić information content (AvgIpc) is 3.38. The normalized spacial score (nSPS) is 18.8. The second-order valence-electron chi connectivity index (χ2n) is 7.78. The van der Waals surface area contributed by atoms with Crippen LogP contribution in [-0.2, 0) is 14.3 Å². The number of ether oxygens (including phenoxy) is 1. The number of benzene rings is 1. The summed E-state index contributed by atoms with van der Waals surface area (Å²) in [6, 6.07) is 6.80. The summed E-state index contributed by atoms with van der Waals surface area (Å²) >= 11 is 1.58. The highest BCUT2D eigenvalue weighted by molar-refractivity contribution is 7.08. The lowest BCUT2D eigenvalue weighted by Gasteiger charge is -2.27.